The number of imidazole rings is 1. The predicted octanol–water partition coefficient (Wildman–Crippen LogP) is 4.96. The number of nitrogens with one attached hydrogen (secondary N) is 2. The first kappa shape index (κ1) is 16.4. The fourth-order valence-electron chi connectivity index (χ4n) is 3.34. The van der Waals surface area contributed by atoms with E-state index < -0.39 is 0 Å². The zero-order chi connectivity index (χ0) is 18.1. The first-order chi connectivity index (χ1) is 12.6. The van der Waals surface area contributed by atoms with Gasteiger partial charge in [-0.2, -0.15) is 0 Å². The number of rotatable bonds is 5. The molecule has 0 aliphatic rings. The first-order valence-corrected chi connectivity index (χ1v) is 8.81. The van der Waals surface area contributed by atoms with Crippen LogP contribution in [-0.2, 0) is 6.61 Å². The number of hydrogen-bond donors (Lipinski definition) is 2. The van der Waals surface area contributed by atoms with Gasteiger partial charge in [-0.05, 0) is 48.7 Å². The van der Waals surface area contributed by atoms with Gasteiger partial charge in [0.15, 0.2) is 0 Å². The number of benzene rings is 1. The molecule has 0 saturated carbocycles. The van der Waals surface area contributed by atoms with Crippen LogP contribution in [0.2, 0.25) is 0 Å². The number of aryl methyl sites for hydroxylation is 1. The maximum absolute atomic E-state index is 5.92. The molecule has 0 amide bonds. The molecule has 5 nitrogen and oxygen atoms in total. The normalized spacial score (nSPS) is 11.4. The quantitative estimate of drug-likeness (QED) is 0.536. The SMILES string of the molecule is Cc1cc(-c2[nH]c3ccc(OCc4c[nH]cn4)cc3c2C(C)C)ccn1. The Labute approximate surface area is 152 Å². The number of aromatic amines is 2. The molecule has 3 heterocycles. The van der Waals surface area contributed by atoms with Gasteiger partial charge in [0.2, 0.25) is 0 Å². The molecule has 0 atom stereocenters. The summed E-state index contributed by atoms with van der Waals surface area (Å²) in [6, 6.07) is 10.4. The van der Waals surface area contributed by atoms with Crippen LogP contribution in [-0.4, -0.2) is 19.9 Å². The molecule has 0 fully saturated rings. The number of nitrogens with zero attached hydrogens (tertiary/aromatic N) is 2. The van der Waals surface area contributed by atoms with Gasteiger partial charge in [-0.3, -0.25) is 4.98 Å². The standard InChI is InChI=1S/C21H22N4O/c1-13(2)20-18-9-17(26-11-16-10-22-12-24-16)4-5-19(18)25-21(20)15-6-7-23-14(3)8-15/h4-10,12-13,25H,11H2,1-3H3,(H,22,24). The highest BCUT2D eigenvalue weighted by atomic mass is 16.5. The lowest BCUT2D eigenvalue weighted by Gasteiger charge is -2.10. The molecule has 0 unspecified atom stereocenters. The summed E-state index contributed by atoms with van der Waals surface area (Å²) in [5.41, 5.74) is 6.64. The Morgan fingerprint density at radius 2 is 2.00 bits per heavy atom. The summed E-state index contributed by atoms with van der Waals surface area (Å²) in [6.07, 6.45) is 5.37. The largest absolute Gasteiger partial charge is 0.487 e. The van der Waals surface area contributed by atoms with E-state index in [0.29, 0.717) is 12.5 Å². The Bertz CT molecular complexity index is 1030. The van der Waals surface area contributed by atoms with Crippen LogP contribution in [0.3, 0.4) is 0 Å². The third-order valence-electron chi connectivity index (χ3n) is 4.51. The summed E-state index contributed by atoms with van der Waals surface area (Å²) in [4.78, 5) is 15.0. The van der Waals surface area contributed by atoms with Gasteiger partial charge < -0.3 is 14.7 Å². The van der Waals surface area contributed by atoms with E-state index >= 15 is 0 Å². The van der Waals surface area contributed by atoms with Crippen molar-refractivity contribution >= 4 is 10.9 Å². The Balaban J connectivity index is 1.76. The molecular weight excluding hydrogens is 324 g/mol. The third kappa shape index (κ3) is 3.08. The highest BCUT2D eigenvalue weighted by Crippen LogP contribution is 2.37. The third-order valence-corrected chi connectivity index (χ3v) is 4.51. The Kier molecular flexibility index (Phi) is 4.21. The van der Waals surface area contributed by atoms with Crippen molar-refractivity contribution < 1.29 is 4.74 Å². The van der Waals surface area contributed by atoms with Crippen LogP contribution in [0.4, 0.5) is 0 Å². The summed E-state index contributed by atoms with van der Waals surface area (Å²) in [7, 11) is 0. The van der Waals surface area contributed by atoms with Gasteiger partial charge in [0, 0.05) is 34.6 Å². The molecule has 132 valence electrons. The Hall–Kier alpha value is -3.08. The second-order valence-corrected chi connectivity index (χ2v) is 6.81. The number of pyridine rings is 1. The molecule has 3 aromatic heterocycles. The highest BCUT2D eigenvalue weighted by molar-refractivity contribution is 5.92. The number of fused-ring (bicyclic) bond motifs is 1. The van der Waals surface area contributed by atoms with Crippen LogP contribution in [0.15, 0.2) is 49.1 Å². The highest BCUT2D eigenvalue weighted by Gasteiger charge is 2.17. The van der Waals surface area contributed by atoms with Crippen molar-refractivity contribution in [2.45, 2.75) is 33.3 Å². The van der Waals surface area contributed by atoms with Gasteiger partial charge in [-0.25, -0.2) is 4.98 Å². The fraction of sp³-hybridized carbons (Fsp3) is 0.238. The number of H-pyrrole nitrogens is 2. The van der Waals surface area contributed by atoms with E-state index in [9.17, 15) is 0 Å². The smallest absolute Gasteiger partial charge is 0.132 e. The van der Waals surface area contributed by atoms with Gasteiger partial charge >= 0.3 is 0 Å². The topological polar surface area (TPSA) is 66.6 Å². The minimum atomic E-state index is 0.383. The van der Waals surface area contributed by atoms with Crippen LogP contribution in [0.5, 0.6) is 5.75 Å². The van der Waals surface area contributed by atoms with Crippen LogP contribution in [0, 0.1) is 6.92 Å². The summed E-state index contributed by atoms with van der Waals surface area (Å²) in [6.45, 7) is 6.91. The second-order valence-electron chi connectivity index (χ2n) is 6.81. The van der Waals surface area contributed by atoms with Crippen LogP contribution in [0.25, 0.3) is 22.2 Å². The van der Waals surface area contributed by atoms with E-state index in [-0.39, 0.29) is 0 Å². The van der Waals surface area contributed by atoms with Crippen LogP contribution in [0.1, 0.15) is 36.7 Å². The van der Waals surface area contributed by atoms with E-state index in [0.717, 1.165) is 33.9 Å². The zero-order valence-electron chi connectivity index (χ0n) is 15.2. The molecule has 0 aliphatic heterocycles. The van der Waals surface area contributed by atoms with Crippen LogP contribution < -0.4 is 4.74 Å². The molecule has 5 heteroatoms. The summed E-state index contributed by atoms with van der Waals surface area (Å²) >= 11 is 0. The van der Waals surface area contributed by atoms with Gasteiger partial charge in [0.05, 0.1) is 17.7 Å². The molecule has 26 heavy (non-hydrogen) atoms. The predicted molar refractivity (Wildman–Crippen MR) is 103 cm³/mol. The van der Waals surface area contributed by atoms with Crippen molar-refractivity contribution in [1.29, 1.82) is 0 Å². The molecule has 0 aliphatic carbocycles. The molecule has 0 spiro atoms. The Morgan fingerprint density at radius 3 is 2.73 bits per heavy atom. The number of ether oxygens (including phenoxy) is 1. The van der Waals surface area contributed by atoms with Crippen molar-refractivity contribution in [3.8, 4) is 17.0 Å². The van der Waals surface area contributed by atoms with Crippen molar-refractivity contribution in [2.75, 3.05) is 0 Å². The van der Waals surface area contributed by atoms with E-state index in [4.69, 9.17) is 4.74 Å². The average Bonchev–Trinajstić information content (AvgIpc) is 3.27. The van der Waals surface area contributed by atoms with Gasteiger partial charge in [0.1, 0.15) is 12.4 Å². The molecule has 2 N–H and O–H groups in total. The second kappa shape index (κ2) is 6.67. The van der Waals surface area contributed by atoms with E-state index in [1.807, 2.05) is 25.4 Å². The molecule has 0 saturated heterocycles. The molecule has 4 aromatic rings. The number of hydrogen-bond acceptors (Lipinski definition) is 3. The monoisotopic (exact) mass is 346 g/mol. The first-order valence-electron chi connectivity index (χ1n) is 8.81. The Morgan fingerprint density at radius 1 is 1.12 bits per heavy atom. The van der Waals surface area contributed by atoms with Gasteiger partial charge in [-0.15, -0.1) is 0 Å². The van der Waals surface area contributed by atoms with E-state index in [2.05, 4.69) is 58.0 Å². The van der Waals surface area contributed by atoms with Crippen molar-refractivity contribution in [1.82, 2.24) is 19.9 Å². The summed E-state index contributed by atoms with van der Waals surface area (Å²) in [5.74, 6) is 1.23. The maximum Gasteiger partial charge on any atom is 0.132 e. The lowest BCUT2D eigenvalue weighted by atomic mass is 9.96. The zero-order valence-corrected chi connectivity index (χ0v) is 15.2. The summed E-state index contributed by atoms with van der Waals surface area (Å²) < 4.78 is 5.92. The molecule has 0 bridgehead atoms. The van der Waals surface area contributed by atoms with Gasteiger partial charge in [0.25, 0.3) is 0 Å². The van der Waals surface area contributed by atoms with Crippen molar-refractivity contribution in [3.05, 3.63) is 66.0 Å². The van der Waals surface area contributed by atoms with Gasteiger partial charge in [-0.1, -0.05) is 13.8 Å². The fourth-order valence-corrected chi connectivity index (χ4v) is 3.34. The lowest BCUT2D eigenvalue weighted by Crippen LogP contribution is -1.95. The molecule has 4 rings (SSSR count). The minimum absolute atomic E-state index is 0.383. The molecular formula is C21H22N4O. The summed E-state index contributed by atoms with van der Waals surface area (Å²) in [5, 5.41) is 1.20. The van der Waals surface area contributed by atoms with Crippen molar-refractivity contribution in [3.63, 3.8) is 0 Å². The maximum atomic E-state index is 5.92. The lowest BCUT2D eigenvalue weighted by molar-refractivity contribution is 0.302. The van der Waals surface area contributed by atoms with Crippen molar-refractivity contribution in [2.24, 2.45) is 0 Å². The number of aromatic nitrogens is 4. The molecule has 1 aromatic carbocycles. The minimum Gasteiger partial charge on any atom is -0.487 e. The van der Waals surface area contributed by atoms with E-state index in [1.54, 1.807) is 6.33 Å². The average molecular weight is 346 g/mol. The molecule has 0 radical (unpaired) electrons. The van der Waals surface area contributed by atoms with E-state index in [1.165, 1.54) is 10.9 Å². The van der Waals surface area contributed by atoms with Crippen LogP contribution >= 0.6 is 0 Å².